The van der Waals surface area contributed by atoms with E-state index >= 15 is 0 Å². The SMILES string of the molecule is Nc1ccc2ccc(CO[C@H]3C[C@@H](n4ccc5c(N)ncnc54)[C@H](O)[C@@H]3O)cc2n1. The molecule has 5 rings (SSSR count). The van der Waals surface area contributed by atoms with E-state index in [2.05, 4.69) is 15.0 Å². The molecule has 0 bridgehead atoms. The number of fused-ring (bicyclic) bond motifs is 2. The Morgan fingerprint density at radius 1 is 1.07 bits per heavy atom. The molecule has 0 spiro atoms. The summed E-state index contributed by atoms with van der Waals surface area (Å²) in [6.07, 6.45) is 1.11. The summed E-state index contributed by atoms with van der Waals surface area (Å²) in [5, 5.41) is 22.9. The van der Waals surface area contributed by atoms with E-state index in [4.69, 9.17) is 16.2 Å². The topological polar surface area (TPSA) is 145 Å². The minimum absolute atomic E-state index is 0.287. The van der Waals surface area contributed by atoms with Gasteiger partial charge in [-0.05, 0) is 36.2 Å². The van der Waals surface area contributed by atoms with E-state index in [1.165, 1.54) is 6.33 Å². The number of aliphatic hydroxyl groups excluding tert-OH is 2. The van der Waals surface area contributed by atoms with Gasteiger partial charge in [-0.3, -0.25) is 0 Å². The molecule has 4 aromatic rings. The summed E-state index contributed by atoms with van der Waals surface area (Å²) in [6, 6.07) is 10.9. The van der Waals surface area contributed by atoms with Crippen molar-refractivity contribution >= 4 is 33.6 Å². The Balaban J connectivity index is 1.34. The zero-order valence-electron chi connectivity index (χ0n) is 16.1. The molecule has 1 aromatic carbocycles. The maximum Gasteiger partial charge on any atom is 0.145 e. The lowest BCUT2D eigenvalue weighted by Crippen LogP contribution is -2.32. The van der Waals surface area contributed by atoms with E-state index in [9.17, 15) is 10.2 Å². The van der Waals surface area contributed by atoms with Crippen LogP contribution in [0.2, 0.25) is 0 Å². The highest BCUT2D eigenvalue weighted by atomic mass is 16.5. The van der Waals surface area contributed by atoms with Crippen LogP contribution in [0.25, 0.3) is 21.9 Å². The summed E-state index contributed by atoms with van der Waals surface area (Å²) >= 11 is 0. The minimum Gasteiger partial charge on any atom is -0.388 e. The van der Waals surface area contributed by atoms with Crippen molar-refractivity contribution in [1.29, 1.82) is 0 Å². The van der Waals surface area contributed by atoms with Crippen molar-refractivity contribution in [3.63, 3.8) is 0 Å². The number of nitrogens with two attached hydrogens (primary N) is 2. The third kappa shape index (κ3) is 3.13. The molecule has 4 atom stereocenters. The van der Waals surface area contributed by atoms with E-state index in [1.54, 1.807) is 12.3 Å². The number of ether oxygens (including phenoxy) is 1. The summed E-state index contributed by atoms with van der Waals surface area (Å²) < 4.78 is 7.80. The number of aromatic nitrogens is 4. The normalized spacial score (nSPS) is 24.1. The molecule has 3 aromatic heterocycles. The van der Waals surface area contributed by atoms with Crippen molar-refractivity contribution in [2.75, 3.05) is 11.5 Å². The Hall–Kier alpha value is -3.27. The second kappa shape index (κ2) is 7.21. The van der Waals surface area contributed by atoms with Crippen LogP contribution in [0.5, 0.6) is 0 Å². The molecular formula is C21H22N6O3. The Morgan fingerprint density at radius 2 is 1.90 bits per heavy atom. The number of rotatable bonds is 4. The van der Waals surface area contributed by atoms with Crippen molar-refractivity contribution in [1.82, 2.24) is 19.5 Å². The monoisotopic (exact) mass is 406 g/mol. The van der Waals surface area contributed by atoms with Gasteiger partial charge in [0.15, 0.2) is 0 Å². The van der Waals surface area contributed by atoms with Gasteiger partial charge in [-0.2, -0.15) is 0 Å². The van der Waals surface area contributed by atoms with Gasteiger partial charge in [-0.1, -0.05) is 12.1 Å². The van der Waals surface area contributed by atoms with Crippen LogP contribution in [0, 0.1) is 0 Å². The number of anilines is 2. The average Bonchev–Trinajstić information content (AvgIpc) is 3.29. The lowest BCUT2D eigenvalue weighted by atomic mass is 10.1. The molecule has 1 saturated carbocycles. The quantitative estimate of drug-likeness (QED) is 0.398. The maximum atomic E-state index is 10.6. The lowest BCUT2D eigenvalue weighted by Gasteiger charge is -2.18. The number of hydrogen-bond donors (Lipinski definition) is 4. The molecule has 9 nitrogen and oxygen atoms in total. The second-order valence-corrected chi connectivity index (χ2v) is 7.62. The van der Waals surface area contributed by atoms with Gasteiger partial charge in [0.05, 0.1) is 29.7 Å². The molecule has 0 radical (unpaired) electrons. The van der Waals surface area contributed by atoms with E-state index in [-0.39, 0.29) is 12.6 Å². The highest BCUT2D eigenvalue weighted by Gasteiger charge is 2.43. The second-order valence-electron chi connectivity index (χ2n) is 7.62. The van der Waals surface area contributed by atoms with Gasteiger partial charge in [0.2, 0.25) is 0 Å². The van der Waals surface area contributed by atoms with Gasteiger partial charge >= 0.3 is 0 Å². The first kappa shape index (κ1) is 18.7. The summed E-state index contributed by atoms with van der Waals surface area (Å²) in [5.41, 5.74) is 14.0. The number of aliphatic hydroxyl groups is 2. The summed E-state index contributed by atoms with van der Waals surface area (Å²) in [4.78, 5) is 12.6. The number of nitrogen functional groups attached to an aromatic ring is 2. The summed E-state index contributed by atoms with van der Waals surface area (Å²) in [5.74, 6) is 0.839. The third-order valence-corrected chi connectivity index (χ3v) is 5.74. The molecule has 0 aliphatic heterocycles. The average molecular weight is 406 g/mol. The molecule has 0 unspecified atom stereocenters. The standard InChI is InChI=1S/C21H22N6O3/c22-17-4-3-12-2-1-11(7-14(12)26-17)9-30-16-8-15(18(28)19(16)29)27-6-5-13-20(23)24-10-25-21(13)27/h1-7,10,15-16,18-19,28-29H,8-9H2,(H2,22,26)(H2,23,24,25)/t15-,16+,18+,19-/m1/s1. The molecule has 6 N–H and O–H groups in total. The van der Waals surface area contributed by atoms with Crippen LogP contribution in [0.3, 0.4) is 0 Å². The largest absolute Gasteiger partial charge is 0.388 e. The first-order chi connectivity index (χ1) is 14.5. The van der Waals surface area contributed by atoms with Crippen LogP contribution < -0.4 is 11.5 Å². The first-order valence-electron chi connectivity index (χ1n) is 9.71. The van der Waals surface area contributed by atoms with Crippen LogP contribution in [-0.4, -0.2) is 48.0 Å². The molecule has 30 heavy (non-hydrogen) atoms. The molecule has 0 amide bonds. The van der Waals surface area contributed by atoms with Crippen molar-refractivity contribution in [3.05, 3.63) is 54.5 Å². The molecule has 154 valence electrons. The predicted molar refractivity (Wildman–Crippen MR) is 112 cm³/mol. The molecule has 9 heteroatoms. The zero-order chi connectivity index (χ0) is 20.8. The third-order valence-electron chi connectivity index (χ3n) is 5.74. The Bertz CT molecular complexity index is 1230. The number of benzene rings is 1. The smallest absolute Gasteiger partial charge is 0.145 e. The van der Waals surface area contributed by atoms with Crippen LogP contribution in [0.1, 0.15) is 18.0 Å². The number of nitrogens with zero attached hydrogens (tertiary/aromatic N) is 4. The van der Waals surface area contributed by atoms with Gasteiger partial charge in [0, 0.05) is 11.6 Å². The fourth-order valence-electron chi connectivity index (χ4n) is 4.14. The van der Waals surface area contributed by atoms with Gasteiger partial charge < -0.3 is 31.0 Å². The number of hydrogen-bond acceptors (Lipinski definition) is 8. The molecular weight excluding hydrogens is 384 g/mol. The van der Waals surface area contributed by atoms with Crippen molar-refractivity contribution < 1.29 is 14.9 Å². The molecule has 0 saturated heterocycles. The first-order valence-corrected chi connectivity index (χ1v) is 9.71. The molecule has 3 heterocycles. The zero-order valence-corrected chi connectivity index (χ0v) is 16.1. The molecule has 1 aliphatic carbocycles. The van der Waals surface area contributed by atoms with Crippen molar-refractivity contribution in [2.45, 2.75) is 37.4 Å². The Morgan fingerprint density at radius 3 is 2.77 bits per heavy atom. The van der Waals surface area contributed by atoms with Gasteiger partial charge in [-0.25, -0.2) is 15.0 Å². The van der Waals surface area contributed by atoms with Gasteiger partial charge in [0.1, 0.15) is 35.8 Å². The summed E-state index contributed by atoms with van der Waals surface area (Å²) in [7, 11) is 0. The van der Waals surface area contributed by atoms with E-state index in [0.29, 0.717) is 29.1 Å². The Labute approximate surface area is 171 Å². The fourth-order valence-corrected chi connectivity index (χ4v) is 4.14. The van der Waals surface area contributed by atoms with Crippen LogP contribution in [0.4, 0.5) is 11.6 Å². The van der Waals surface area contributed by atoms with E-state index in [1.807, 2.05) is 34.9 Å². The van der Waals surface area contributed by atoms with Gasteiger partial charge in [-0.15, -0.1) is 0 Å². The van der Waals surface area contributed by atoms with E-state index in [0.717, 1.165) is 16.5 Å². The molecule has 1 fully saturated rings. The highest BCUT2D eigenvalue weighted by molar-refractivity contribution is 5.86. The Kier molecular flexibility index (Phi) is 4.50. The van der Waals surface area contributed by atoms with Crippen LogP contribution in [-0.2, 0) is 11.3 Å². The lowest BCUT2D eigenvalue weighted by molar-refractivity contribution is -0.0621. The number of pyridine rings is 1. The highest BCUT2D eigenvalue weighted by Crippen LogP contribution is 2.36. The van der Waals surface area contributed by atoms with Crippen LogP contribution in [0.15, 0.2) is 48.9 Å². The fraction of sp³-hybridized carbons (Fsp3) is 0.286. The predicted octanol–water partition coefficient (Wildman–Crippen LogP) is 1.40. The van der Waals surface area contributed by atoms with Crippen molar-refractivity contribution in [2.24, 2.45) is 0 Å². The molecule has 1 aliphatic rings. The maximum absolute atomic E-state index is 10.6. The van der Waals surface area contributed by atoms with E-state index < -0.39 is 18.3 Å². The van der Waals surface area contributed by atoms with Crippen LogP contribution >= 0.6 is 0 Å². The van der Waals surface area contributed by atoms with Crippen molar-refractivity contribution in [3.8, 4) is 0 Å². The van der Waals surface area contributed by atoms with Gasteiger partial charge in [0.25, 0.3) is 0 Å². The summed E-state index contributed by atoms with van der Waals surface area (Å²) in [6.45, 7) is 0.287. The minimum atomic E-state index is -1.01.